The molecule has 0 aliphatic carbocycles. The van der Waals surface area contributed by atoms with Gasteiger partial charge in [-0.15, -0.1) is 0 Å². The number of amides is 2. The summed E-state index contributed by atoms with van der Waals surface area (Å²) in [5.41, 5.74) is 5.16. The molecular formula is C11H12N2O4. The number of para-hydroxylation sites is 1. The summed E-state index contributed by atoms with van der Waals surface area (Å²) >= 11 is 0. The van der Waals surface area contributed by atoms with E-state index in [-0.39, 0.29) is 17.9 Å². The third kappa shape index (κ3) is 3.30. The molecule has 0 aliphatic heterocycles. The first-order valence-corrected chi connectivity index (χ1v) is 4.93. The molecule has 0 heterocycles. The van der Waals surface area contributed by atoms with E-state index in [9.17, 15) is 14.4 Å². The average Bonchev–Trinajstić information content (AvgIpc) is 2.29. The minimum atomic E-state index is -1.12. The molecule has 3 N–H and O–H groups in total. The largest absolute Gasteiger partial charge is 0.462 e. The van der Waals surface area contributed by atoms with Crippen molar-refractivity contribution in [3.05, 3.63) is 29.8 Å². The monoisotopic (exact) mass is 236 g/mol. The maximum Gasteiger partial charge on any atom is 0.340 e. The second kappa shape index (κ2) is 5.64. The fourth-order valence-electron chi connectivity index (χ4n) is 1.16. The molecule has 0 unspecified atom stereocenters. The molecule has 1 rings (SSSR count). The van der Waals surface area contributed by atoms with Gasteiger partial charge in [0.05, 0.1) is 17.9 Å². The maximum atomic E-state index is 11.5. The number of anilines is 1. The van der Waals surface area contributed by atoms with Crippen molar-refractivity contribution in [1.82, 2.24) is 0 Å². The highest BCUT2D eigenvalue weighted by Gasteiger charge is 2.15. The summed E-state index contributed by atoms with van der Waals surface area (Å²) in [6.45, 7) is 1.89. The number of ether oxygens (including phenoxy) is 1. The van der Waals surface area contributed by atoms with Crippen molar-refractivity contribution in [1.29, 1.82) is 0 Å². The van der Waals surface area contributed by atoms with Gasteiger partial charge < -0.3 is 15.8 Å². The number of primary amides is 1. The van der Waals surface area contributed by atoms with Gasteiger partial charge in [0.2, 0.25) is 0 Å². The number of nitrogens with two attached hydrogens (primary N) is 1. The molecule has 0 aromatic heterocycles. The highest BCUT2D eigenvalue weighted by atomic mass is 16.5. The van der Waals surface area contributed by atoms with Crippen molar-refractivity contribution < 1.29 is 19.1 Å². The maximum absolute atomic E-state index is 11.5. The Morgan fingerprint density at radius 3 is 2.53 bits per heavy atom. The lowest BCUT2D eigenvalue weighted by Gasteiger charge is -2.08. The number of hydrogen-bond donors (Lipinski definition) is 2. The van der Waals surface area contributed by atoms with Crippen molar-refractivity contribution in [2.45, 2.75) is 6.92 Å². The minimum Gasteiger partial charge on any atom is -0.462 e. The van der Waals surface area contributed by atoms with Crippen molar-refractivity contribution >= 4 is 23.5 Å². The van der Waals surface area contributed by atoms with Crippen LogP contribution < -0.4 is 11.1 Å². The minimum absolute atomic E-state index is 0.170. The molecule has 1 aromatic carbocycles. The molecule has 6 heteroatoms. The summed E-state index contributed by atoms with van der Waals surface area (Å²) in [4.78, 5) is 33.2. The molecule has 1 aromatic rings. The zero-order valence-corrected chi connectivity index (χ0v) is 9.23. The van der Waals surface area contributed by atoms with E-state index in [0.717, 1.165) is 0 Å². The van der Waals surface area contributed by atoms with Crippen molar-refractivity contribution in [2.75, 3.05) is 11.9 Å². The van der Waals surface area contributed by atoms with E-state index in [0.29, 0.717) is 0 Å². The van der Waals surface area contributed by atoms with Crippen LogP contribution in [0.3, 0.4) is 0 Å². The Labute approximate surface area is 97.7 Å². The normalized spacial score (nSPS) is 9.47. The van der Waals surface area contributed by atoms with E-state index in [1.54, 1.807) is 19.1 Å². The summed E-state index contributed by atoms with van der Waals surface area (Å²) < 4.78 is 4.80. The standard InChI is InChI=1S/C11H12N2O4/c1-2-17-11(16)7-5-3-4-6-8(7)13-10(15)9(12)14/h3-6H,2H2,1H3,(H2,12,14)(H,13,15). The van der Waals surface area contributed by atoms with Crippen LogP contribution in [0.1, 0.15) is 17.3 Å². The number of carbonyl (C=O) groups excluding carboxylic acids is 3. The summed E-state index contributed by atoms with van der Waals surface area (Å²) in [5.74, 6) is -2.68. The predicted octanol–water partition coefficient (Wildman–Crippen LogP) is 0.287. The van der Waals surface area contributed by atoms with E-state index in [1.807, 2.05) is 0 Å². The quantitative estimate of drug-likeness (QED) is 0.582. The van der Waals surface area contributed by atoms with E-state index >= 15 is 0 Å². The fourth-order valence-corrected chi connectivity index (χ4v) is 1.16. The van der Waals surface area contributed by atoms with Crippen molar-refractivity contribution in [3.63, 3.8) is 0 Å². The summed E-state index contributed by atoms with van der Waals surface area (Å²) in [6.07, 6.45) is 0. The number of rotatable bonds is 3. The summed E-state index contributed by atoms with van der Waals surface area (Å²) in [5, 5.41) is 2.23. The van der Waals surface area contributed by atoms with Gasteiger partial charge >= 0.3 is 17.8 Å². The Bertz CT molecular complexity index is 457. The van der Waals surface area contributed by atoms with Crippen LogP contribution in [0.4, 0.5) is 5.69 Å². The lowest BCUT2D eigenvalue weighted by molar-refractivity contribution is -0.134. The Morgan fingerprint density at radius 1 is 1.29 bits per heavy atom. The van der Waals surface area contributed by atoms with Crippen LogP contribution in [0.25, 0.3) is 0 Å². The van der Waals surface area contributed by atoms with Gasteiger partial charge in [0.1, 0.15) is 0 Å². The second-order valence-electron chi connectivity index (χ2n) is 3.08. The van der Waals surface area contributed by atoms with Gasteiger partial charge in [-0.05, 0) is 19.1 Å². The molecule has 0 saturated carbocycles. The predicted molar refractivity (Wildman–Crippen MR) is 60.2 cm³/mol. The SMILES string of the molecule is CCOC(=O)c1ccccc1NC(=O)C(N)=O. The zero-order valence-electron chi connectivity index (χ0n) is 9.23. The average molecular weight is 236 g/mol. The molecular weight excluding hydrogens is 224 g/mol. The van der Waals surface area contributed by atoms with Crippen LogP contribution in [0.2, 0.25) is 0 Å². The molecule has 6 nitrogen and oxygen atoms in total. The first-order chi connectivity index (χ1) is 8.06. The van der Waals surface area contributed by atoms with Gasteiger partial charge in [0.15, 0.2) is 0 Å². The van der Waals surface area contributed by atoms with E-state index in [1.165, 1.54) is 12.1 Å². The molecule has 0 spiro atoms. The third-order valence-corrected chi connectivity index (χ3v) is 1.89. The highest BCUT2D eigenvalue weighted by molar-refractivity contribution is 6.39. The number of nitrogens with one attached hydrogen (secondary N) is 1. The Morgan fingerprint density at radius 2 is 1.94 bits per heavy atom. The Hall–Kier alpha value is -2.37. The molecule has 0 saturated heterocycles. The third-order valence-electron chi connectivity index (χ3n) is 1.89. The molecule has 0 radical (unpaired) electrons. The molecule has 0 atom stereocenters. The molecule has 90 valence electrons. The van der Waals surface area contributed by atoms with Crippen LogP contribution in [-0.4, -0.2) is 24.4 Å². The topological polar surface area (TPSA) is 98.5 Å². The van der Waals surface area contributed by atoms with Crippen molar-refractivity contribution in [2.24, 2.45) is 5.73 Å². The molecule has 0 fully saturated rings. The molecule has 17 heavy (non-hydrogen) atoms. The summed E-state index contributed by atoms with van der Waals surface area (Å²) in [7, 11) is 0. The van der Waals surface area contributed by atoms with Crippen LogP contribution in [-0.2, 0) is 14.3 Å². The van der Waals surface area contributed by atoms with Gasteiger partial charge in [-0.2, -0.15) is 0 Å². The number of carbonyl (C=O) groups is 3. The lowest BCUT2D eigenvalue weighted by atomic mass is 10.2. The van der Waals surface area contributed by atoms with Gasteiger partial charge in [0, 0.05) is 0 Å². The van der Waals surface area contributed by atoms with Gasteiger partial charge in [0.25, 0.3) is 0 Å². The first-order valence-electron chi connectivity index (χ1n) is 4.93. The zero-order chi connectivity index (χ0) is 12.8. The Kier molecular flexibility index (Phi) is 4.21. The van der Waals surface area contributed by atoms with Crippen LogP contribution in [0.5, 0.6) is 0 Å². The number of hydrogen-bond acceptors (Lipinski definition) is 4. The van der Waals surface area contributed by atoms with Gasteiger partial charge in [-0.3, -0.25) is 9.59 Å². The van der Waals surface area contributed by atoms with E-state index in [2.05, 4.69) is 5.32 Å². The van der Waals surface area contributed by atoms with Gasteiger partial charge in [-0.1, -0.05) is 12.1 Å². The highest BCUT2D eigenvalue weighted by Crippen LogP contribution is 2.15. The molecule has 0 aliphatic rings. The second-order valence-corrected chi connectivity index (χ2v) is 3.08. The Balaban J connectivity index is 2.96. The van der Waals surface area contributed by atoms with Crippen molar-refractivity contribution in [3.8, 4) is 0 Å². The smallest absolute Gasteiger partial charge is 0.340 e. The van der Waals surface area contributed by atoms with E-state index < -0.39 is 17.8 Å². The van der Waals surface area contributed by atoms with E-state index in [4.69, 9.17) is 10.5 Å². The molecule has 2 amide bonds. The lowest BCUT2D eigenvalue weighted by Crippen LogP contribution is -2.30. The summed E-state index contributed by atoms with van der Waals surface area (Å²) in [6, 6.07) is 6.19. The fraction of sp³-hybridized carbons (Fsp3) is 0.182. The first kappa shape index (κ1) is 12.7. The van der Waals surface area contributed by atoms with Crippen LogP contribution in [0, 0.1) is 0 Å². The van der Waals surface area contributed by atoms with Gasteiger partial charge in [-0.25, -0.2) is 4.79 Å². The molecule has 0 bridgehead atoms. The number of esters is 1. The van der Waals surface area contributed by atoms with Crippen LogP contribution in [0.15, 0.2) is 24.3 Å². The number of benzene rings is 1. The van der Waals surface area contributed by atoms with Crippen LogP contribution >= 0.6 is 0 Å².